The van der Waals surface area contributed by atoms with Gasteiger partial charge in [0.15, 0.2) is 0 Å². The quantitative estimate of drug-likeness (QED) is 0.218. The van der Waals surface area contributed by atoms with Crippen LogP contribution in [-0.2, 0) is 14.2 Å². The van der Waals surface area contributed by atoms with Crippen molar-refractivity contribution >= 4 is 0 Å². The van der Waals surface area contributed by atoms with Crippen molar-refractivity contribution in [2.75, 3.05) is 27.9 Å². The minimum atomic E-state index is -1.06. The lowest BCUT2D eigenvalue weighted by Crippen LogP contribution is -2.42. The van der Waals surface area contributed by atoms with E-state index < -0.39 is 5.97 Å². The normalized spacial score (nSPS) is 12.9. The summed E-state index contributed by atoms with van der Waals surface area (Å²) in [4.78, 5) is 0. The maximum Gasteiger partial charge on any atom is 0.289 e. The zero-order valence-electron chi connectivity index (χ0n) is 18.8. The number of benzene rings is 1. The van der Waals surface area contributed by atoms with E-state index in [1.54, 1.807) is 21.3 Å². The molecule has 0 fully saturated rings. The molecule has 1 unspecified atom stereocenters. The predicted octanol–water partition coefficient (Wildman–Crippen LogP) is 6.68. The van der Waals surface area contributed by atoms with Gasteiger partial charge in [0.25, 0.3) is 5.97 Å². The maximum atomic E-state index is 5.88. The van der Waals surface area contributed by atoms with Gasteiger partial charge in [-0.05, 0) is 30.5 Å². The molecule has 0 bridgehead atoms. The van der Waals surface area contributed by atoms with Crippen LogP contribution in [0.3, 0.4) is 0 Å². The molecule has 1 atom stereocenters. The third-order valence-electron chi connectivity index (χ3n) is 5.43. The van der Waals surface area contributed by atoms with Gasteiger partial charge in [0.1, 0.15) is 5.75 Å². The molecule has 1 aromatic rings. The molecule has 4 heteroatoms. The highest BCUT2D eigenvalue weighted by Crippen LogP contribution is 2.37. The summed E-state index contributed by atoms with van der Waals surface area (Å²) in [6, 6.07) is 8.32. The van der Waals surface area contributed by atoms with Gasteiger partial charge in [-0.15, -0.1) is 0 Å². The van der Waals surface area contributed by atoms with Gasteiger partial charge < -0.3 is 18.9 Å². The molecule has 0 aliphatic carbocycles. The van der Waals surface area contributed by atoms with E-state index in [0.29, 0.717) is 0 Å². The summed E-state index contributed by atoms with van der Waals surface area (Å²) in [5.41, 5.74) is 1.15. The summed E-state index contributed by atoms with van der Waals surface area (Å²) < 4.78 is 22.9. The third-order valence-corrected chi connectivity index (χ3v) is 5.43. The van der Waals surface area contributed by atoms with E-state index in [4.69, 9.17) is 18.9 Å². The Morgan fingerprint density at radius 2 is 1.25 bits per heavy atom. The minimum absolute atomic E-state index is 0.00716. The molecular formula is C24H42O4. The van der Waals surface area contributed by atoms with Crippen LogP contribution in [-0.4, -0.2) is 33.9 Å². The van der Waals surface area contributed by atoms with Crippen LogP contribution in [0.5, 0.6) is 5.75 Å². The summed E-state index contributed by atoms with van der Waals surface area (Å²) in [5, 5.41) is 0. The fourth-order valence-electron chi connectivity index (χ4n) is 3.69. The number of methoxy groups -OCH3 is 3. The molecule has 0 spiro atoms. The highest BCUT2D eigenvalue weighted by Gasteiger charge is 2.40. The van der Waals surface area contributed by atoms with Crippen molar-refractivity contribution in [2.45, 2.75) is 89.9 Å². The molecule has 0 N–H and O–H groups in total. The predicted molar refractivity (Wildman–Crippen MR) is 116 cm³/mol. The Kier molecular flexibility index (Phi) is 13.2. The zero-order valence-corrected chi connectivity index (χ0v) is 18.8. The van der Waals surface area contributed by atoms with Crippen molar-refractivity contribution in [3.05, 3.63) is 29.8 Å². The third kappa shape index (κ3) is 8.10. The number of ether oxygens (including phenoxy) is 4. The van der Waals surface area contributed by atoms with Crippen molar-refractivity contribution in [2.24, 2.45) is 0 Å². The molecule has 162 valence electrons. The molecule has 0 saturated carbocycles. The van der Waals surface area contributed by atoms with Gasteiger partial charge in [0.2, 0.25) is 0 Å². The monoisotopic (exact) mass is 394 g/mol. The van der Waals surface area contributed by atoms with Gasteiger partial charge in [-0.2, -0.15) is 0 Å². The SMILES string of the molecule is CCCCCCCC(c1ccc(OCCCCCC)cc1)C(OC)(OC)OC. The second-order valence-corrected chi connectivity index (χ2v) is 7.45. The topological polar surface area (TPSA) is 36.9 Å². The van der Waals surface area contributed by atoms with Crippen LogP contribution in [0.1, 0.15) is 89.5 Å². The molecule has 0 heterocycles. The van der Waals surface area contributed by atoms with Crippen molar-refractivity contribution in [1.29, 1.82) is 0 Å². The molecule has 1 rings (SSSR count). The van der Waals surface area contributed by atoms with E-state index in [2.05, 4.69) is 26.0 Å². The summed E-state index contributed by atoms with van der Waals surface area (Å²) in [6.45, 7) is 5.24. The van der Waals surface area contributed by atoms with Crippen LogP contribution in [0.2, 0.25) is 0 Å². The Bertz CT molecular complexity index is 474. The highest BCUT2D eigenvalue weighted by atomic mass is 16.9. The number of rotatable bonds is 17. The Morgan fingerprint density at radius 3 is 1.79 bits per heavy atom. The number of hydrogen-bond acceptors (Lipinski definition) is 4. The summed E-state index contributed by atoms with van der Waals surface area (Å²) >= 11 is 0. The number of unbranched alkanes of at least 4 members (excludes halogenated alkanes) is 7. The average Bonchev–Trinajstić information content (AvgIpc) is 2.74. The fourth-order valence-corrected chi connectivity index (χ4v) is 3.69. The van der Waals surface area contributed by atoms with Crippen molar-refractivity contribution < 1.29 is 18.9 Å². The van der Waals surface area contributed by atoms with E-state index in [9.17, 15) is 0 Å². The van der Waals surface area contributed by atoms with Crippen molar-refractivity contribution in [3.8, 4) is 5.75 Å². The fraction of sp³-hybridized carbons (Fsp3) is 0.750. The van der Waals surface area contributed by atoms with Gasteiger partial charge in [-0.25, -0.2) is 0 Å². The van der Waals surface area contributed by atoms with E-state index in [-0.39, 0.29) is 5.92 Å². The average molecular weight is 395 g/mol. The van der Waals surface area contributed by atoms with Gasteiger partial charge in [-0.1, -0.05) is 77.3 Å². The molecule has 0 aromatic heterocycles. The maximum absolute atomic E-state index is 5.88. The molecule has 0 aliphatic rings. The minimum Gasteiger partial charge on any atom is -0.494 e. The van der Waals surface area contributed by atoms with Crippen LogP contribution < -0.4 is 4.74 Å². The largest absolute Gasteiger partial charge is 0.494 e. The molecule has 28 heavy (non-hydrogen) atoms. The van der Waals surface area contributed by atoms with E-state index in [1.165, 1.54) is 44.9 Å². The second kappa shape index (κ2) is 14.8. The molecule has 0 amide bonds. The Labute approximate surface area is 172 Å². The summed E-state index contributed by atoms with van der Waals surface area (Å²) in [5.74, 6) is -0.139. The van der Waals surface area contributed by atoms with Crippen molar-refractivity contribution in [1.82, 2.24) is 0 Å². The second-order valence-electron chi connectivity index (χ2n) is 7.45. The first-order valence-corrected chi connectivity index (χ1v) is 11.1. The lowest BCUT2D eigenvalue weighted by molar-refractivity contribution is -0.365. The summed E-state index contributed by atoms with van der Waals surface area (Å²) in [7, 11) is 4.93. The lowest BCUT2D eigenvalue weighted by atomic mass is 9.90. The molecule has 4 nitrogen and oxygen atoms in total. The van der Waals surface area contributed by atoms with E-state index in [1.807, 2.05) is 12.1 Å². The zero-order chi connectivity index (χ0) is 20.7. The Balaban J connectivity index is 2.76. The summed E-state index contributed by atoms with van der Waals surface area (Å²) in [6.07, 6.45) is 12.0. The Morgan fingerprint density at radius 1 is 0.714 bits per heavy atom. The van der Waals surface area contributed by atoms with E-state index >= 15 is 0 Å². The molecule has 1 aromatic carbocycles. The first-order valence-electron chi connectivity index (χ1n) is 11.1. The van der Waals surface area contributed by atoms with Crippen LogP contribution in [0, 0.1) is 0 Å². The smallest absolute Gasteiger partial charge is 0.289 e. The molecular weight excluding hydrogens is 352 g/mol. The van der Waals surface area contributed by atoms with Crippen LogP contribution >= 0.6 is 0 Å². The van der Waals surface area contributed by atoms with Crippen LogP contribution in [0.15, 0.2) is 24.3 Å². The lowest BCUT2D eigenvalue weighted by Gasteiger charge is -2.36. The Hall–Kier alpha value is -1.10. The first-order chi connectivity index (χ1) is 13.7. The molecule has 0 radical (unpaired) electrons. The number of hydrogen-bond donors (Lipinski definition) is 0. The van der Waals surface area contributed by atoms with E-state index in [0.717, 1.165) is 37.2 Å². The van der Waals surface area contributed by atoms with Gasteiger partial charge in [-0.3, -0.25) is 0 Å². The molecule has 0 saturated heterocycles. The van der Waals surface area contributed by atoms with Crippen molar-refractivity contribution in [3.63, 3.8) is 0 Å². The van der Waals surface area contributed by atoms with Gasteiger partial charge in [0, 0.05) is 21.3 Å². The van der Waals surface area contributed by atoms with Gasteiger partial charge >= 0.3 is 0 Å². The highest BCUT2D eigenvalue weighted by molar-refractivity contribution is 5.30. The molecule has 0 aliphatic heterocycles. The van der Waals surface area contributed by atoms with Crippen LogP contribution in [0.4, 0.5) is 0 Å². The van der Waals surface area contributed by atoms with Crippen LogP contribution in [0.25, 0.3) is 0 Å². The standard InChI is InChI=1S/C24H42O4/c1-6-8-10-12-13-15-23(24(25-3,26-4)27-5)21-16-18-22(19-17-21)28-20-14-11-9-7-2/h16-19,23H,6-15,20H2,1-5H3. The first kappa shape index (κ1) is 24.9. The van der Waals surface area contributed by atoms with Gasteiger partial charge in [0.05, 0.1) is 12.5 Å².